The van der Waals surface area contributed by atoms with E-state index in [4.69, 9.17) is 5.26 Å². The minimum Gasteiger partial charge on any atom is -0.353 e. The normalized spacial score (nSPS) is 18.3. The number of hydrogen-bond acceptors (Lipinski definition) is 3. The summed E-state index contributed by atoms with van der Waals surface area (Å²) in [5.41, 5.74) is 0.216. The molecule has 1 amide bonds. The highest BCUT2D eigenvalue weighted by Crippen LogP contribution is 2.20. The third-order valence-electron chi connectivity index (χ3n) is 3.35. The molecule has 1 saturated heterocycles. The summed E-state index contributed by atoms with van der Waals surface area (Å²) in [5, 5.41) is 11.7. The lowest BCUT2D eigenvalue weighted by molar-refractivity contribution is -0.122. The molecule has 0 saturated carbocycles. The Morgan fingerprint density at radius 1 is 1.39 bits per heavy atom. The van der Waals surface area contributed by atoms with Gasteiger partial charge in [0.1, 0.15) is 0 Å². The molecule has 1 rings (SSSR count). The van der Waals surface area contributed by atoms with E-state index in [-0.39, 0.29) is 11.3 Å². The second-order valence-corrected chi connectivity index (χ2v) is 6.34. The molecular weight excluding hydrogens is 226 g/mol. The average molecular weight is 251 g/mol. The Bertz CT molecular complexity index is 306. The van der Waals surface area contributed by atoms with E-state index < -0.39 is 0 Å². The molecule has 0 atom stereocenters. The van der Waals surface area contributed by atoms with Crippen molar-refractivity contribution in [1.82, 2.24) is 10.2 Å². The minimum atomic E-state index is 0.170. The van der Waals surface area contributed by atoms with Crippen molar-refractivity contribution in [3.05, 3.63) is 0 Å². The highest BCUT2D eigenvalue weighted by Gasteiger charge is 2.21. The Hall–Kier alpha value is -1.08. The van der Waals surface area contributed by atoms with Gasteiger partial charge in [0.15, 0.2) is 0 Å². The number of nitrogens with zero attached hydrogens (tertiary/aromatic N) is 2. The Kier molecular flexibility index (Phi) is 5.61. The quantitative estimate of drug-likeness (QED) is 0.777. The van der Waals surface area contributed by atoms with Gasteiger partial charge < -0.3 is 5.32 Å². The van der Waals surface area contributed by atoms with Gasteiger partial charge in [0.05, 0.1) is 12.6 Å². The van der Waals surface area contributed by atoms with Crippen LogP contribution in [0.3, 0.4) is 0 Å². The van der Waals surface area contributed by atoms with Crippen molar-refractivity contribution in [2.45, 2.75) is 52.5 Å². The maximum atomic E-state index is 11.8. The van der Waals surface area contributed by atoms with E-state index in [1.165, 1.54) is 0 Å². The van der Waals surface area contributed by atoms with Gasteiger partial charge in [-0.3, -0.25) is 9.69 Å². The molecule has 0 spiro atoms. The molecule has 0 unspecified atom stereocenters. The zero-order valence-electron chi connectivity index (χ0n) is 11.8. The monoisotopic (exact) mass is 251 g/mol. The lowest BCUT2D eigenvalue weighted by Gasteiger charge is -2.30. The molecule has 0 aromatic heterocycles. The van der Waals surface area contributed by atoms with Crippen LogP contribution in [0.15, 0.2) is 0 Å². The zero-order chi connectivity index (χ0) is 13.6. The maximum absolute atomic E-state index is 11.8. The van der Waals surface area contributed by atoms with Crippen molar-refractivity contribution >= 4 is 5.91 Å². The van der Waals surface area contributed by atoms with Crippen LogP contribution in [0, 0.1) is 16.7 Å². The third-order valence-corrected chi connectivity index (χ3v) is 3.35. The van der Waals surface area contributed by atoms with Gasteiger partial charge in [-0.2, -0.15) is 5.26 Å². The van der Waals surface area contributed by atoms with E-state index >= 15 is 0 Å². The number of hydrogen-bond donors (Lipinski definition) is 1. The molecule has 1 N–H and O–H groups in total. The van der Waals surface area contributed by atoms with Crippen LogP contribution in [0.5, 0.6) is 0 Å². The number of likely N-dealkylation sites (tertiary alicyclic amines) is 1. The van der Waals surface area contributed by atoms with Gasteiger partial charge in [-0.1, -0.05) is 20.8 Å². The molecule has 4 nitrogen and oxygen atoms in total. The minimum absolute atomic E-state index is 0.170. The summed E-state index contributed by atoms with van der Waals surface area (Å²) < 4.78 is 0. The fourth-order valence-electron chi connectivity index (χ4n) is 2.12. The Morgan fingerprint density at radius 2 is 2.00 bits per heavy atom. The fraction of sp³-hybridized carbons (Fsp3) is 0.857. The van der Waals surface area contributed by atoms with Crippen LogP contribution in [-0.4, -0.2) is 36.5 Å². The van der Waals surface area contributed by atoms with E-state index in [9.17, 15) is 4.79 Å². The predicted octanol–water partition coefficient (Wildman–Crippen LogP) is 1.92. The number of carbonyl (C=O) groups is 1. The van der Waals surface area contributed by atoms with Crippen LogP contribution >= 0.6 is 0 Å². The maximum Gasteiger partial charge on any atom is 0.220 e. The molecule has 0 bridgehead atoms. The molecule has 1 aliphatic rings. The van der Waals surface area contributed by atoms with Gasteiger partial charge >= 0.3 is 0 Å². The predicted molar refractivity (Wildman–Crippen MR) is 71.9 cm³/mol. The van der Waals surface area contributed by atoms with Crippen molar-refractivity contribution < 1.29 is 4.79 Å². The Balaban J connectivity index is 2.21. The summed E-state index contributed by atoms with van der Waals surface area (Å²) in [6.07, 6.45) is 3.46. The largest absolute Gasteiger partial charge is 0.353 e. The first-order chi connectivity index (χ1) is 8.40. The molecule has 102 valence electrons. The van der Waals surface area contributed by atoms with Gasteiger partial charge in [0.25, 0.3) is 0 Å². The average Bonchev–Trinajstić information content (AvgIpc) is 2.29. The molecule has 1 fully saturated rings. The summed E-state index contributed by atoms with van der Waals surface area (Å²) >= 11 is 0. The van der Waals surface area contributed by atoms with Crippen molar-refractivity contribution in [2.75, 3.05) is 19.6 Å². The van der Waals surface area contributed by atoms with Crippen LogP contribution in [-0.2, 0) is 4.79 Å². The van der Waals surface area contributed by atoms with Gasteiger partial charge in [0.2, 0.25) is 5.91 Å². The van der Waals surface area contributed by atoms with Crippen LogP contribution in [0.25, 0.3) is 0 Å². The first kappa shape index (κ1) is 15.0. The smallest absolute Gasteiger partial charge is 0.220 e. The highest BCUT2D eigenvalue weighted by atomic mass is 16.1. The van der Waals surface area contributed by atoms with Gasteiger partial charge in [-0.15, -0.1) is 0 Å². The zero-order valence-corrected chi connectivity index (χ0v) is 11.8. The standard InChI is InChI=1S/C14H25N3O/c1-14(2,3)7-4-13(18)16-12-5-9-17(10-6-12)11-8-15/h12H,4-7,9-11H2,1-3H3,(H,16,18). The van der Waals surface area contributed by atoms with E-state index in [2.05, 4.69) is 37.1 Å². The lowest BCUT2D eigenvalue weighted by atomic mass is 9.90. The van der Waals surface area contributed by atoms with Crippen molar-refractivity contribution in [1.29, 1.82) is 5.26 Å². The van der Waals surface area contributed by atoms with Gasteiger partial charge in [0, 0.05) is 25.6 Å². The first-order valence-corrected chi connectivity index (χ1v) is 6.79. The van der Waals surface area contributed by atoms with Crippen LogP contribution < -0.4 is 5.32 Å². The second kappa shape index (κ2) is 6.75. The molecule has 0 aromatic carbocycles. The van der Waals surface area contributed by atoms with Crippen molar-refractivity contribution in [2.24, 2.45) is 5.41 Å². The summed E-state index contributed by atoms with van der Waals surface area (Å²) in [7, 11) is 0. The first-order valence-electron chi connectivity index (χ1n) is 6.79. The van der Waals surface area contributed by atoms with E-state index in [0.29, 0.717) is 19.0 Å². The van der Waals surface area contributed by atoms with Crippen molar-refractivity contribution in [3.8, 4) is 6.07 Å². The topological polar surface area (TPSA) is 56.1 Å². The highest BCUT2D eigenvalue weighted by molar-refractivity contribution is 5.76. The third kappa shape index (κ3) is 6.02. The molecule has 0 radical (unpaired) electrons. The molecule has 4 heteroatoms. The summed E-state index contributed by atoms with van der Waals surface area (Å²) in [6.45, 7) is 8.79. The molecule has 1 aliphatic heterocycles. The summed E-state index contributed by atoms with van der Waals surface area (Å²) in [5.74, 6) is 0.170. The number of rotatable bonds is 4. The van der Waals surface area contributed by atoms with E-state index in [0.717, 1.165) is 32.4 Å². The van der Waals surface area contributed by atoms with Crippen molar-refractivity contribution in [3.63, 3.8) is 0 Å². The number of piperidine rings is 1. The summed E-state index contributed by atoms with van der Waals surface area (Å²) in [4.78, 5) is 13.9. The van der Waals surface area contributed by atoms with Gasteiger partial charge in [-0.05, 0) is 24.7 Å². The molecule has 18 heavy (non-hydrogen) atoms. The number of amides is 1. The van der Waals surface area contributed by atoms with Crippen LogP contribution in [0.2, 0.25) is 0 Å². The fourth-order valence-corrected chi connectivity index (χ4v) is 2.12. The second-order valence-electron chi connectivity index (χ2n) is 6.34. The van der Waals surface area contributed by atoms with Crippen LogP contribution in [0.4, 0.5) is 0 Å². The number of nitriles is 1. The Morgan fingerprint density at radius 3 is 2.50 bits per heavy atom. The molecule has 1 heterocycles. The number of carbonyl (C=O) groups excluding carboxylic acids is 1. The van der Waals surface area contributed by atoms with E-state index in [1.807, 2.05) is 0 Å². The molecule has 0 aliphatic carbocycles. The summed E-state index contributed by atoms with van der Waals surface area (Å²) in [6, 6.07) is 2.47. The molecule has 0 aromatic rings. The van der Waals surface area contributed by atoms with Gasteiger partial charge in [-0.25, -0.2) is 0 Å². The molecular formula is C14H25N3O. The Labute approximate surface area is 110 Å². The van der Waals surface area contributed by atoms with Crippen LogP contribution in [0.1, 0.15) is 46.5 Å². The van der Waals surface area contributed by atoms with E-state index in [1.54, 1.807) is 0 Å². The number of nitrogens with one attached hydrogen (secondary N) is 1. The SMILES string of the molecule is CC(C)(C)CCC(=O)NC1CCN(CC#N)CC1. The lowest BCUT2D eigenvalue weighted by Crippen LogP contribution is -2.44.